The number of nitrogens with one attached hydrogen (secondary N) is 2. The number of fused-ring (bicyclic) bond motifs is 1. The van der Waals surface area contributed by atoms with Gasteiger partial charge in [0.05, 0.1) is 6.04 Å². The van der Waals surface area contributed by atoms with E-state index in [2.05, 4.69) is 15.6 Å². The zero-order chi connectivity index (χ0) is 25.8. The third-order valence-corrected chi connectivity index (χ3v) is 7.80. The first-order chi connectivity index (χ1) is 18.0. The van der Waals surface area contributed by atoms with Gasteiger partial charge in [-0.2, -0.15) is 0 Å². The second kappa shape index (κ2) is 11.2. The molecular weight excluding hydrogens is 489 g/mol. The van der Waals surface area contributed by atoms with E-state index in [4.69, 9.17) is 4.74 Å². The minimum Gasteiger partial charge on any atom is -0.381 e. The number of pyridine rings is 1. The monoisotopic (exact) mass is 517 g/mol. The molecule has 0 radical (unpaired) electrons. The van der Waals surface area contributed by atoms with Gasteiger partial charge in [0.25, 0.3) is 11.8 Å². The first-order valence-corrected chi connectivity index (χ1v) is 13.3. The summed E-state index contributed by atoms with van der Waals surface area (Å²) in [6.45, 7) is 3.21. The first kappa shape index (κ1) is 25.0. The fraction of sp³-hybridized carbons (Fsp3) is 0.276. The molecule has 1 aliphatic rings. The molecular formula is C29H28FN3O3S. The maximum atomic E-state index is 14.8. The van der Waals surface area contributed by atoms with Crippen molar-refractivity contribution in [1.82, 2.24) is 15.6 Å². The molecule has 3 heterocycles. The Balaban J connectivity index is 1.32. The first-order valence-electron chi connectivity index (χ1n) is 12.4. The van der Waals surface area contributed by atoms with E-state index in [1.807, 2.05) is 49.4 Å². The lowest BCUT2D eigenvalue weighted by atomic mass is 10.0. The summed E-state index contributed by atoms with van der Waals surface area (Å²) in [5.41, 5.74) is 2.30. The van der Waals surface area contributed by atoms with Crippen molar-refractivity contribution in [2.24, 2.45) is 0 Å². The van der Waals surface area contributed by atoms with Crippen molar-refractivity contribution in [3.63, 3.8) is 0 Å². The lowest BCUT2D eigenvalue weighted by molar-refractivity contribution is 0.0696. The van der Waals surface area contributed by atoms with Crippen LogP contribution in [0.5, 0.6) is 0 Å². The van der Waals surface area contributed by atoms with Crippen molar-refractivity contribution < 1.29 is 18.7 Å². The van der Waals surface area contributed by atoms with Crippen LogP contribution in [0.2, 0.25) is 0 Å². The van der Waals surface area contributed by atoms with Crippen molar-refractivity contribution in [2.45, 2.75) is 38.3 Å². The van der Waals surface area contributed by atoms with Crippen LogP contribution >= 0.6 is 11.3 Å². The van der Waals surface area contributed by atoms with E-state index in [-0.39, 0.29) is 28.8 Å². The van der Waals surface area contributed by atoms with Gasteiger partial charge in [-0.3, -0.25) is 14.6 Å². The Hall–Kier alpha value is -3.62. The van der Waals surface area contributed by atoms with Crippen LogP contribution < -0.4 is 10.6 Å². The number of thiophene rings is 1. The fourth-order valence-electron chi connectivity index (χ4n) is 4.55. The van der Waals surface area contributed by atoms with Crippen LogP contribution in [0.15, 0.2) is 67.0 Å². The molecule has 2 N–H and O–H groups in total. The minimum absolute atomic E-state index is 0.00252. The smallest absolute Gasteiger partial charge is 0.264 e. The van der Waals surface area contributed by atoms with Gasteiger partial charge < -0.3 is 15.4 Å². The number of ether oxygens (including phenoxy) is 1. The molecule has 1 atom stereocenters. The lowest BCUT2D eigenvalue weighted by Gasteiger charge is -2.22. The highest BCUT2D eigenvalue weighted by Crippen LogP contribution is 2.33. The molecule has 0 unspecified atom stereocenters. The molecule has 8 heteroatoms. The van der Waals surface area contributed by atoms with E-state index < -0.39 is 5.82 Å². The summed E-state index contributed by atoms with van der Waals surface area (Å²) in [6.07, 6.45) is 5.62. The Kier molecular flexibility index (Phi) is 7.58. The van der Waals surface area contributed by atoms with Crippen LogP contribution in [0.4, 0.5) is 4.39 Å². The van der Waals surface area contributed by atoms with Gasteiger partial charge >= 0.3 is 0 Å². The van der Waals surface area contributed by atoms with Gasteiger partial charge in [0.15, 0.2) is 0 Å². The van der Waals surface area contributed by atoms with Crippen molar-refractivity contribution in [3.8, 4) is 10.4 Å². The number of rotatable bonds is 7. The van der Waals surface area contributed by atoms with E-state index in [9.17, 15) is 14.0 Å². The van der Waals surface area contributed by atoms with Gasteiger partial charge in [-0.15, -0.1) is 11.3 Å². The van der Waals surface area contributed by atoms with Gasteiger partial charge in [-0.25, -0.2) is 4.39 Å². The maximum Gasteiger partial charge on any atom is 0.264 e. The molecule has 1 saturated heterocycles. The number of carbonyl (C=O) groups excluding carboxylic acids is 2. The molecule has 1 aliphatic heterocycles. The molecule has 190 valence electrons. The van der Waals surface area contributed by atoms with E-state index >= 15 is 0 Å². The number of halogens is 1. The van der Waals surface area contributed by atoms with Crippen LogP contribution in [0.1, 0.15) is 57.8 Å². The van der Waals surface area contributed by atoms with E-state index in [0.29, 0.717) is 30.1 Å². The molecule has 2 amide bonds. The number of hydrogen-bond donors (Lipinski definition) is 2. The highest BCUT2D eigenvalue weighted by molar-refractivity contribution is 7.17. The standard InChI is InChI=1S/C29H28FN3O3S/c1-2-25(33-28(34)21-6-7-22-17-31-11-8-18(22)14-21)19-4-3-5-20(15-19)26-16-24(30)27(37-26)29(35)32-23-9-12-36-13-10-23/h3-8,11,14-17,23,25H,2,9-10,12-13H2,1H3,(H,32,35)(H,33,34)/t25-/m1/s1. The summed E-state index contributed by atoms with van der Waals surface area (Å²) in [5.74, 6) is -1.08. The summed E-state index contributed by atoms with van der Waals surface area (Å²) in [6, 6.07) is 16.3. The van der Waals surface area contributed by atoms with E-state index in [0.717, 1.165) is 46.1 Å². The summed E-state index contributed by atoms with van der Waals surface area (Å²) in [5, 5.41) is 7.98. The molecule has 1 fully saturated rings. The van der Waals surface area contributed by atoms with E-state index in [1.165, 1.54) is 6.07 Å². The Bertz CT molecular complexity index is 1430. The van der Waals surface area contributed by atoms with Crippen molar-refractivity contribution >= 4 is 33.9 Å². The summed E-state index contributed by atoms with van der Waals surface area (Å²) in [4.78, 5) is 30.6. The normalized spacial score (nSPS) is 14.9. The molecule has 0 aliphatic carbocycles. The maximum absolute atomic E-state index is 14.8. The summed E-state index contributed by atoms with van der Waals surface area (Å²) >= 11 is 1.14. The highest BCUT2D eigenvalue weighted by Gasteiger charge is 2.22. The number of nitrogens with zero attached hydrogens (tertiary/aromatic N) is 1. The van der Waals surface area contributed by atoms with Crippen LogP contribution in [-0.2, 0) is 4.74 Å². The number of aromatic nitrogens is 1. The second-order valence-electron chi connectivity index (χ2n) is 9.15. The SMILES string of the molecule is CC[C@@H](NC(=O)c1ccc2cnccc2c1)c1cccc(-c2cc(F)c(C(=O)NC3CCOCC3)s2)c1. The Morgan fingerprint density at radius 3 is 2.73 bits per heavy atom. The highest BCUT2D eigenvalue weighted by atomic mass is 32.1. The minimum atomic E-state index is -0.526. The third kappa shape index (κ3) is 5.70. The Labute approximate surface area is 218 Å². The van der Waals surface area contributed by atoms with Gasteiger partial charge in [-0.1, -0.05) is 31.2 Å². The molecule has 0 bridgehead atoms. The lowest BCUT2D eigenvalue weighted by Crippen LogP contribution is -2.38. The second-order valence-corrected chi connectivity index (χ2v) is 10.2. The predicted molar refractivity (Wildman–Crippen MR) is 143 cm³/mol. The third-order valence-electron chi connectivity index (χ3n) is 6.64. The molecule has 2 aromatic heterocycles. The Morgan fingerprint density at radius 2 is 1.92 bits per heavy atom. The van der Waals surface area contributed by atoms with Crippen molar-refractivity contribution in [2.75, 3.05) is 13.2 Å². The quantitative estimate of drug-likeness (QED) is 0.320. The Morgan fingerprint density at radius 1 is 1.08 bits per heavy atom. The van der Waals surface area contributed by atoms with Gasteiger partial charge in [0.1, 0.15) is 10.7 Å². The summed E-state index contributed by atoms with van der Waals surface area (Å²) in [7, 11) is 0. The van der Waals surface area contributed by atoms with Crippen LogP contribution in [0.25, 0.3) is 21.2 Å². The van der Waals surface area contributed by atoms with Crippen LogP contribution in [-0.4, -0.2) is 36.1 Å². The molecule has 0 spiro atoms. The van der Waals surface area contributed by atoms with Crippen LogP contribution in [0, 0.1) is 5.82 Å². The number of hydrogen-bond acceptors (Lipinski definition) is 5. The predicted octanol–water partition coefficient (Wildman–Crippen LogP) is 5.89. The average Bonchev–Trinajstić information content (AvgIpc) is 3.33. The molecule has 6 nitrogen and oxygen atoms in total. The fourth-order valence-corrected chi connectivity index (χ4v) is 5.49. The molecule has 0 saturated carbocycles. The largest absolute Gasteiger partial charge is 0.381 e. The zero-order valence-electron chi connectivity index (χ0n) is 20.5. The molecule has 2 aromatic carbocycles. The van der Waals surface area contributed by atoms with Gasteiger partial charge in [0, 0.05) is 47.5 Å². The van der Waals surface area contributed by atoms with Crippen LogP contribution in [0.3, 0.4) is 0 Å². The molecule has 4 aromatic rings. The molecule has 37 heavy (non-hydrogen) atoms. The number of benzene rings is 2. The topological polar surface area (TPSA) is 80.3 Å². The molecule has 5 rings (SSSR count). The zero-order valence-corrected chi connectivity index (χ0v) is 21.3. The number of carbonyl (C=O) groups is 2. The van der Waals surface area contributed by atoms with Gasteiger partial charge in [0.2, 0.25) is 0 Å². The van der Waals surface area contributed by atoms with Crippen molar-refractivity contribution in [3.05, 3.63) is 88.8 Å². The van der Waals surface area contributed by atoms with Crippen molar-refractivity contribution in [1.29, 1.82) is 0 Å². The van der Waals surface area contributed by atoms with Gasteiger partial charge in [-0.05, 0) is 66.1 Å². The number of amides is 2. The average molecular weight is 518 g/mol. The van der Waals surface area contributed by atoms with E-state index in [1.54, 1.807) is 18.5 Å². The summed E-state index contributed by atoms with van der Waals surface area (Å²) < 4.78 is 20.1.